The molecule has 9 heteroatoms. The molecule has 0 atom stereocenters. The number of nitrogen functional groups attached to an aromatic ring is 1. The number of nitrogens with one attached hydrogen (secondary N) is 1. The number of ether oxygens (including phenoxy) is 1. The minimum atomic E-state index is -0.381. The summed E-state index contributed by atoms with van der Waals surface area (Å²) in [6, 6.07) is 22.4. The summed E-state index contributed by atoms with van der Waals surface area (Å²) in [6.45, 7) is -0.112. The van der Waals surface area contributed by atoms with Crippen LogP contribution in [-0.2, 0) is 11.3 Å². The SMILES string of the molecule is Nc1ncnc2c1c(-c1ccc(Oc3ccccc3)cc1)nn2CC(=O)Nc1ccc(F)cc1. The van der Waals surface area contributed by atoms with E-state index in [4.69, 9.17) is 10.5 Å². The first kappa shape index (κ1) is 21.1. The molecule has 1 amide bonds. The predicted molar refractivity (Wildman–Crippen MR) is 127 cm³/mol. The third kappa shape index (κ3) is 4.40. The van der Waals surface area contributed by atoms with E-state index in [1.807, 2.05) is 54.6 Å². The van der Waals surface area contributed by atoms with E-state index in [0.29, 0.717) is 28.2 Å². The molecule has 0 aliphatic rings. The fourth-order valence-corrected chi connectivity index (χ4v) is 3.52. The maximum Gasteiger partial charge on any atom is 0.246 e. The Morgan fingerprint density at radius 2 is 1.65 bits per heavy atom. The molecule has 0 aliphatic carbocycles. The average Bonchev–Trinajstić information content (AvgIpc) is 3.21. The van der Waals surface area contributed by atoms with E-state index >= 15 is 0 Å². The highest BCUT2D eigenvalue weighted by atomic mass is 19.1. The largest absolute Gasteiger partial charge is 0.457 e. The zero-order valence-electron chi connectivity index (χ0n) is 17.9. The Bertz CT molecular complexity index is 1450. The van der Waals surface area contributed by atoms with Crippen LogP contribution in [0.2, 0.25) is 0 Å². The summed E-state index contributed by atoms with van der Waals surface area (Å²) < 4.78 is 20.4. The van der Waals surface area contributed by atoms with Crippen LogP contribution in [0.4, 0.5) is 15.9 Å². The van der Waals surface area contributed by atoms with Crippen molar-refractivity contribution in [1.29, 1.82) is 0 Å². The molecule has 0 fully saturated rings. The third-order valence-corrected chi connectivity index (χ3v) is 5.09. The number of anilines is 2. The second-order valence-electron chi connectivity index (χ2n) is 7.46. The van der Waals surface area contributed by atoms with Crippen molar-refractivity contribution in [2.75, 3.05) is 11.1 Å². The van der Waals surface area contributed by atoms with Gasteiger partial charge in [-0.25, -0.2) is 19.0 Å². The molecule has 0 aliphatic heterocycles. The first-order valence-electron chi connectivity index (χ1n) is 10.4. The maximum atomic E-state index is 13.1. The number of carbonyl (C=O) groups is 1. The van der Waals surface area contributed by atoms with Crippen molar-refractivity contribution >= 4 is 28.4 Å². The second kappa shape index (κ2) is 8.99. The van der Waals surface area contributed by atoms with Gasteiger partial charge in [-0.05, 0) is 60.7 Å². The molecular weight excluding hydrogens is 435 g/mol. The fraction of sp³-hybridized carbons (Fsp3) is 0.0400. The van der Waals surface area contributed by atoms with Gasteiger partial charge in [-0.2, -0.15) is 5.10 Å². The van der Waals surface area contributed by atoms with Crippen molar-refractivity contribution < 1.29 is 13.9 Å². The minimum Gasteiger partial charge on any atom is -0.457 e. The van der Waals surface area contributed by atoms with Crippen molar-refractivity contribution in [3.8, 4) is 22.8 Å². The predicted octanol–water partition coefficient (Wildman–Crippen LogP) is 4.65. The van der Waals surface area contributed by atoms with Crippen molar-refractivity contribution in [2.24, 2.45) is 0 Å². The second-order valence-corrected chi connectivity index (χ2v) is 7.46. The Kier molecular flexibility index (Phi) is 5.57. The number of nitrogens with zero attached hydrogens (tertiary/aromatic N) is 4. The lowest BCUT2D eigenvalue weighted by Gasteiger charge is -2.06. The van der Waals surface area contributed by atoms with E-state index in [1.165, 1.54) is 35.3 Å². The van der Waals surface area contributed by atoms with Crippen LogP contribution in [0.1, 0.15) is 0 Å². The van der Waals surface area contributed by atoms with Gasteiger partial charge >= 0.3 is 0 Å². The number of para-hydroxylation sites is 1. The molecule has 0 radical (unpaired) electrons. The van der Waals surface area contributed by atoms with Crippen molar-refractivity contribution in [3.63, 3.8) is 0 Å². The van der Waals surface area contributed by atoms with Crippen LogP contribution in [0.3, 0.4) is 0 Å². The van der Waals surface area contributed by atoms with Crippen LogP contribution >= 0.6 is 0 Å². The molecule has 0 saturated heterocycles. The van der Waals surface area contributed by atoms with E-state index in [-0.39, 0.29) is 24.1 Å². The van der Waals surface area contributed by atoms with Crippen LogP contribution in [0.15, 0.2) is 85.2 Å². The highest BCUT2D eigenvalue weighted by Crippen LogP contribution is 2.32. The smallest absolute Gasteiger partial charge is 0.246 e. The number of benzene rings is 3. The van der Waals surface area contributed by atoms with Crippen LogP contribution in [-0.4, -0.2) is 25.7 Å². The quantitative estimate of drug-likeness (QED) is 0.387. The van der Waals surface area contributed by atoms with Crippen LogP contribution in [0.25, 0.3) is 22.3 Å². The molecule has 0 saturated carbocycles. The molecule has 3 N–H and O–H groups in total. The Morgan fingerprint density at radius 3 is 2.38 bits per heavy atom. The van der Waals surface area contributed by atoms with Gasteiger partial charge in [0, 0.05) is 11.3 Å². The summed E-state index contributed by atoms with van der Waals surface area (Å²) in [7, 11) is 0. The van der Waals surface area contributed by atoms with E-state index in [2.05, 4.69) is 20.4 Å². The Labute approximate surface area is 193 Å². The van der Waals surface area contributed by atoms with Crippen LogP contribution < -0.4 is 15.8 Å². The summed E-state index contributed by atoms with van der Waals surface area (Å²) in [5, 5.41) is 7.87. The zero-order chi connectivity index (χ0) is 23.5. The van der Waals surface area contributed by atoms with Gasteiger partial charge in [0.1, 0.15) is 41.7 Å². The number of hydrogen-bond donors (Lipinski definition) is 2. The molecule has 34 heavy (non-hydrogen) atoms. The van der Waals surface area contributed by atoms with E-state index in [9.17, 15) is 9.18 Å². The van der Waals surface area contributed by atoms with Gasteiger partial charge < -0.3 is 15.8 Å². The molecule has 0 bridgehead atoms. The van der Waals surface area contributed by atoms with Gasteiger partial charge in [0.2, 0.25) is 5.91 Å². The Hall–Kier alpha value is -4.79. The van der Waals surface area contributed by atoms with Crippen molar-refractivity contribution in [3.05, 3.63) is 91.0 Å². The Balaban J connectivity index is 1.43. The van der Waals surface area contributed by atoms with Gasteiger partial charge in [0.25, 0.3) is 0 Å². The zero-order valence-corrected chi connectivity index (χ0v) is 17.9. The number of nitrogens with two attached hydrogens (primary N) is 1. The number of fused-ring (bicyclic) bond motifs is 1. The first-order valence-corrected chi connectivity index (χ1v) is 10.4. The van der Waals surface area contributed by atoms with Gasteiger partial charge in [-0.1, -0.05) is 18.2 Å². The fourth-order valence-electron chi connectivity index (χ4n) is 3.52. The standard InChI is InChI=1S/C25H19FN6O2/c26-17-8-10-18(11-9-17)30-21(33)14-32-25-22(24(27)28-15-29-25)23(31-32)16-6-12-20(13-7-16)34-19-4-2-1-3-5-19/h1-13,15H,14H2,(H,30,33)(H2,27,28,29). The van der Waals surface area contributed by atoms with E-state index < -0.39 is 0 Å². The Morgan fingerprint density at radius 1 is 0.941 bits per heavy atom. The minimum absolute atomic E-state index is 0.112. The summed E-state index contributed by atoms with van der Waals surface area (Å²) >= 11 is 0. The van der Waals surface area contributed by atoms with E-state index in [0.717, 1.165) is 11.3 Å². The topological polar surface area (TPSA) is 108 Å². The maximum absolute atomic E-state index is 13.1. The number of amides is 1. The summed E-state index contributed by atoms with van der Waals surface area (Å²) in [5.41, 5.74) is 8.37. The lowest BCUT2D eigenvalue weighted by molar-refractivity contribution is -0.116. The lowest BCUT2D eigenvalue weighted by Crippen LogP contribution is -2.19. The molecule has 168 valence electrons. The molecule has 5 aromatic rings. The number of carbonyl (C=O) groups excluding carboxylic acids is 1. The molecular formula is C25H19FN6O2. The molecule has 2 aromatic heterocycles. The normalized spacial score (nSPS) is 10.9. The number of halogens is 1. The molecule has 8 nitrogen and oxygen atoms in total. The number of hydrogen-bond acceptors (Lipinski definition) is 6. The average molecular weight is 454 g/mol. The van der Waals surface area contributed by atoms with Crippen molar-refractivity contribution in [2.45, 2.75) is 6.54 Å². The first-order chi connectivity index (χ1) is 16.6. The third-order valence-electron chi connectivity index (χ3n) is 5.09. The van der Waals surface area contributed by atoms with Crippen LogP contribution in [0, 0.1) is 5.82 Å². The van der Waals surface area contributed by atoms with Gasteiger partial charge in [0.05, 0.1) is 5.39 Å². The van der Waals surface area contributed by atoms with Crippen molar-refractivity contribution in [1.82, 2.24) is 19.7 Å². The molecule has 5 rings (SSSR count). The molecule has 3 aromatic carbocycles. The molecule has 2 heterocycles. The number of rotatable bonds is 6. The summed E-state index contributed by atoms with van der Waals surface area (Å²) in [5.74, 6) is 0.936. The van der Waals surface area contributed by atoms with Crippen LogP contribution in [0.5, 0.6) is 11.5 Å². The molecule has 0 spiro atoms. The highest BCUT2D eigenvalue weighted by Gasteiger charge is 2.19. The summed E-state index contributed by atoms with van der Waals surface area (Å²) in [4.78, 5) is 21.0. The van der Waals surface area contributed by atoms with Gasteiger partial charge in [0.15, 0.2) is 5.65 Å². The van der Waals surface area contributed by atoms with E-state index in [1.54, 1.807) is 0 Å². The van der Waals surface area contributed by atoms with Gasteiger partial charge in [-0.3, -0.25) is 4.79 Å². The monoisotopic (exact) mass is 454 g/mol. The highest BCUT2D eigenvalue weighted by molar-refractivity contribution is 5.99. The number of aromatic nitrogens is 4. The lowest BCUT2D eigenvalue weighted by atomic mass is 10.1. The summed E-state index contributed by atoms with van der Waals surface area (Å²) in [6.07, 6.45) is 1.33. The molecule has 0 unspecified atom stereocenters. The van der Waals surface area contributed by atoms with Gasteiger partial charge in [-0.15, -0.1) is 0 Å².